The van der Waals surface area contributed by atoms with Crippen molar-refractivity contribution in [3.8, 4) is 0 Å². The van der Waals surface area contributed by atoms with E-state index in [0.29, 0.717) is 6.54 Å². The van der Waals surface area contributed by atoms with E-state index in [9.17, 15) is 9.59 Å². The van der Waals surface area contributed by atoms with Gasteiger partial charge in [-0.2, -0.15) is 0 Å². The van der Waals surface area contributed by atoms with Crippen LogP contribution in [0.2, 0.25) is 0 Å². The van der Waals surface area contributed by atoms with Gasteiger partial charge in [-0.15, -0.1) is 12.4 Å². The highest BCUT2D eigenvalue weighted by Crippen LogP contribution is 2.17. The third-order valence-corrected chi connectivity index (χ3v) is 4.84. The Morgan fingerprint density at radius 1 is 1.00 bits per heavy atom. The highest BCUT2D eigenvalue weighted by Gasteiger charge is 2.24. The fourth-order valence-electron chi connectivity index (χ4n) is 3.30. The lowest BCUT2D eigenvalue weighted by Crippen LogP contribution is -2.49. The van der Waals surface area contributed by atoms with E-state index in [-0.39, 0.29) is 36.6 Å². The highest BCUT2D eigenvalue weighted by atomic mass is 35.5. The summed E-state index contributed by atoms with van der Waals surface area (Å²) in [6.07, 6.45) is 0.273. The molecule has 2 amide bonds. The molecule has 0 aliphatic carbocycles. The number of hydrogen-bond donors (Lipinski definition) is 3. The van der Waals surface area contributed by atoms with E-state index in [0.717, 1.165) is 24.2 Å². The van der Waals surface area contributed by atoms with E-state index < -0.39 is 6.04 Å². The average molecular weight is 402 g/mol. The third kappa shape index (κ3) is 5.81. The lowest BCUT2D eigenvalue weighted by atomic mass is 10.0. The van der Waals surface area contributed by atoms with Crippen LogP contribution in [0.15, 0.2) is 48.5 Å². The first-order valence-corrected chi connectivity index (χ1v) is 9.45. The number of nitrogens with one attached hydrogen (secondary N) is 3. The molecular weight excluding hydrogens is 374 g/mol. The molecule has 2 aromatic rings. The molecule has 1 aliphatic rings. The summed E-state index contributed by atoms with van der Waals surface area (Å²) in [7, 11) is 0. The Hall–Kier alpha value is -2.37. The molecule has 3 N–H and O–H groups in total. The number of benzene rings is 2. The monoisotopic (exact) mass is 401 g/mol. The van der Waals surface area contributed by atoms with Crippen molar-refractivity contribution >= 4 is 24.2 Å². The molecule has 0 bridgehead atoms. The van der Waals surface area contributed by atoms with Gasteiger partial charge >= 0.3 is 0 Å². The van der Waals surface area contributed by atoms with E-state index in [1.54, 1.807) is 0 Å². The number of fused-ring (bicyclic) bond motifs is 1. The summed E-state index contributed by atoms with van der Waals surface area (Å²) in [6.45, 7) is 6.12. The first-order chi connectivity index (χ1) is 13.0. The molecule has 1 atom stereocenters. The van der Waals surface area contributed by atoms with Crippen LogP contribution < -0.4 is 16.0 Å². The molecule has 1 unspecified atom stereocenters. The van der Waals surface area contributed by atoms with E-state index in [1.807, 2.05) is 50.2 Å². The maximum Gasteiger partial charge on any atom is 0.243 e. The average Bonchev–Trinajstić information content (AvgIpc) is 3.12. The van der Waals surface area contributed by atoms with Crippen LogP contribution >= 0.6 is 12.4 Å². The standard InChI is InChI=1S/C22H27N3O2.ClH/c1-15(2)21(25-20(26)11-16-6-4-3-5-7-16)22(27)24-12-17-8-9-18-13-23-14-19(18)10-17;/h3-10,15,21,23H,11-14H2,1-2H3,(H,24,27)(H,25,26);1H. The van der Waals surface area contributed by atoms with Crippen LogP contribution in [0.3, 0.4) is 0 Å². The predicted octanol–water partition coefficient (Wildman–Crippen LogP) is 2.71. The number of amides is 2. The summed E-state index contributed by atoms with van der Waals surface area (Å²) >= 11 is 0. The molecule has 28 heavy (non-hydrogen) atoms. The van der Waals surface area contributed by atoms with Gasteiger partial charge in [-0.3, -0.25) is 9.59 Å². The highest BCUT2D eigenvalue weighted by molar-refractivity contribution is 5.88. The maximum absolute atomic E-state index is 12.6. The van der Waals surface area contributed by atoms with Gasteiger partial charge < -0.3 is 16.0 Å². The Balaban J connectivity index is 0.00000280. The number of carbonyl (C=O) groups is 2. The summed E-state index contributed by atoms with van der Waals surface area (Å²) in [6, 6.07) is 15.3. The van der Waals surface area contributed by atoms with Crippen LogP contribution in [0.1, 0.15) is 36.1 Å². The Morgan fingerprint density at radius 3 is 2.43 bits per heavy atom. The van der Waals surface area contributed by atoms with Crippen LogP contribution in [-0.4, -0.2) is 17.9 Å². The molecule has 0 saturated heterocycles. The maximum atomic E-state index is 12.6. The molecule has 3 rings (SSSR count). The van der Waals surface area contributed by atoms with E-state index in [1.165, 1.54) is 11.1 Å². The molecule has 5 nitrogen and oxygen atoms in total. The van der Waals surface area contributed by atoms with E-state index in [4.69, 9.17) is 0 Å². The zero-order chi connectivity index (χ0) is 19.2. The van der Waals surface area contributed by atoms with Crippen molar-refractivity contribution < 1.29 is 9.59 Å². The zero-order valence-corrected chi connectivity index (χ0v) is 17.1. The normalized spacial score (nSPS) is 13.4. The second-order valence-corrected chi connectivity index (χ2v) is 7.38. The summed E-state index contributed by atoms with van der Waals surface area (Å²) < 4.78 is 0. The van der Waals surface area contributed by atoms with Gasteiger partial charge in [0.2, 0.25) is 11.8 Å². The van der Waals surface area contributed by atoms with Crippen molar-refractivity contribution in [2.75, 3.05) is 0 Å². The van der Waals surface area contributed by atoms with Crippen molar-refractivity contribution in [1.82, 2.24) is 16.0 Å². The van der Waals surface area contributed by atoms with Crippen molar-refractivity contribution in [3.05, 3.63) is 70.8 Å². The molecular formula is C22H28ClN3O2. The first kappa shape index (κ1) is 21.9. The minimum Gasteiger partial charge on any atom is -0.350 e. The molecule has 2 aromatic carbocycles. The number of rotatable bonds is 7. The summed E-state index contributed by atoms with van der Waals surface area (Å²) in [4.78, 5) is 25.0. The Morgan fingerprint density at radius 2 is 1.71 bits per heavy atom. The van der Waals surface area contributed by atoms with Gasteiger partial charge in [-0.05, 0) is 28.2 Å². The molecule has 6 heteroatoms. The number of carbonyl (C=O) groups excluding carboxylic acids is 2. The van der Waals surface area contributed by atoms with E-state index >= 15 is 0 Å². The lowest BCUT2D eigenvalue weighted by molar-refractivity contribution is -0.129. The molecule has 0 saturated carbocycles. The number of halogens is 1. The van der Waals surface area contributed by atoms with Gasteiger partial charge in [0.05, 0.1) is 6.42 Å². The molecule has 0 radical (unpaired) electrons. The molecule has 0 fully saturated rings. The van der Waals surface area contributed by atoms with Gasteiger partial charge in [-0.25, -0.2) is 0 Å². The van der Waals surface area contributed by atoms with E-state index in [2.05, 4.69) is 28.1 Å². The van der Waals surface area contributed by atoms with Gasteiger partial charge in [-0.1, -0.05) is 62.4 Å². The SMILES string of the molecule is CC(C)C(NC(=O)Cc1ccccc1)C(=O)NCc1ccc2c(c1)CNC2.Cl. The zero-order valence-electron chi connectivity index (χ0n) is 16.3. The Kier molecular flexibility index (Phi) is 8.03. The van der Waals surface area contributed by atoms with Crippen molar-refractivity contribution in [1.29, 1.82) is 0 Å². The fraction of sp³-hybridized carbons (Fsp3) is 0.364. The molecule has 1 heterocycles. The summed E-state index contributed by atoms with van der Waals surface area (Å²) in [5.74, 6) is -0.280. The Labute approximate surface area is 172 Å². The molecule has 1 aliphatic heterocycles. The predicted molar refractivity (Wildman–Crippen MR) is 113 cm³/mol. The summed E-state index contributed by atoms with van der Waals surface area (Å²) in [5, 5.41) is 9.17. The quantitative estimate of drug-likeness (QED) is 0.668. The smallest absolute Gasteiger partial charge is 0.243 e. The van der Waals surface area contributed by atoms with Crippen LogP contribution in [0.4, 0.5) is 0 Å². The van der Waals surface area contributed by atoms with Gasteiger partial charge in [0.25, 0.3) is 0 Å². The minimum atomic E-state index is -0.544. The van der Waals surface area contributed by atoms with Crippen LogP contribution in [0, 0.1) is 5.92 Å². The summed E-state index contributed by atoms with van der Waals surface area (Å²) in [5.41, 5.74) is 4.62. The van der Waals surface area contributed by atoms with Crippen molar-refractivity contribution in [3.63, 3.8) is 0 Å². The first-order valence-electron chi connectivity index (χ1n) is 9.45. The molecule has 0 spiro atoms. The Bertz CT molecular complexity index is 809. The third-order valence-electron chi connectivity index (χ3n) is 4.84. The van der Waals surface area contributed by atoms with Gasteiger partial charge in [0, 0.05) is 19.6 Å². The van der Waals surface area contributed by atoms with Crippen LogP contribution in [0.5, 0.6) is 0 Å². The lowest BCUT2D eigenvalue weighted by Gasteiger charge is -2.22. The topological polar surface area (TPSA) is 70.2 Å². The van der Waals surface area contributed by atoms with Gasteiger partial charge in [0.1, 0.15) is 6.04 Å². The second kappa shape index (κ2) is 10.2. The largest absolute Gasteiger partial charge is 0.350 e. The molecule has 150 valence electrons. The van der Waals surface area contributed by atoms with Crippen molar-refractivity contribution in [2.24, 2.45) is 5.92 Å². The fourth-order valence-corrected chi connectivity index (χ4v) is 3.30. The minimum absolute atomic E-state index is 0. The molecule has 0 aromatic heterocycles. The number of hydrogen-bond acceptors (Lipinski definition) is 3. The van der Waals surface area contributed by atoms with Gasteiger partial charge in [0.15, 0.2) is 0 Å². The van der Waals surface area contributed by atoms with Crippen LogP contribution in [0.25, 0.3) is 0 Å². The van der Waals surface area contributed by atoms with Crippen molar-refractivity contribution in [2.45, 2.75) is 45.9 Å². The second-order valence-electron chi connectivity index (χ2n) is 7.38. The van der Waals surface area contributed by atoms with Crippen LogP contribution in [-0.2, 0) is 35.6 Å².